The molecule has 1 N–H and O–H groups in total. The highest BCUT2D eigenvalue weighted by atomic mass is 79.9. The van der Waals surface area contributed by atoms with Gasteiger partial charge in [0.15, 0.2) is 6.61 Å². The number of amides is 1. The lowest BCUT2D eigenvalue weighted by atomic mass is 10.1. The minimum Gasteiger partial charge on any atom is -0.483 e. The van der Waals surface area contributed by atoms with Crippen LogP contribution in [0.5, 0.6) is 11.5 Å². The van der Waals surface area contributed by atoms with Gasteiger partial charge in [-0.05, 0) is 79.1 Å². The lowest BCUT2D eigenvalue weighted by molar-refractivity contribution is -0.123. The SMILES string of the molecule is Cc1cccc(C)c1OCC(=O)N/N=C/c1ccc(OC(=O)c2ccc(Br)cc2)cc1. The van der Waals surface area contributed by atoms with E-state index in [4.69, 9.17) is 9.47 Å². The van der Waals surface area contributed by atoms with E-state index >= 15 is 0 Å². The van der Waals surface area contributed by atoms with E-state index in [1.807, 2.05) is 32.0 Å². The standard InChI is InChI=1S/C24H21BrN2O4/c1-16-4-3-5-17(2)23(16)30-15-22(28)27-26-14-18-6-12-21(13-7-18)31-24(29)19-8-10-20(25)11-9-19/h3-14H,15H2,1-2H3,(H,27,28)/b26-14+. The summed E-state index contributed by atoms with van der Waals surface area (Å²) in [5, 5.41) is 3.93. The van der Waals surface area contributed by atoms with E-state index in [0.717, 1.165) is 21.2 Å². The molecule has 0 aromatic heterocycles. The van der Waals surface area contributed by atoms with Crippen LogP contribution in [0.25, 0.3) is 0 Å². The number of carbonyl (C=O) groups excluding carboxylic acids is 2. The molecule has 0 aliphatic heterocycles. The molecule has 0 atom stereocenters. The molecule has 0 aliphatic rings. The molecule has 3 aromatic carbocycles. The molecular weight excluding hydrogens is 460 g/mol. The Kier molecular flexibility index (Phi) is 7.56. The van der Waals surface area contributed by atoms with E-state index in [9.17, 15) is 9.59 Å². The molecule has 158 valence electrons. The number of hydrogen-bond acceptors (Lipinski definition) is 5. The van der Waals surface area contributed by atoms with Gasteiger partial charge in [-0.2, -0.15) is 5.10 Å². The summed E-state index contributed by atoms with van der Waals surface area (Å²) in [6, 6.07) is 19.5. The highest BCUT2D eigenvalue weighted by Crippen LogP contribution is 2.22. The number of hydrazone groups is 1. The number of halogens is 1. The Morgan fingerprint density at radius 1 is 0.968 bits per heavy atom. The van der Waals surface area contributed by atoms with Crippen LogP contribution in [-0.2, 0) is 4.79 Å². The molecule has 0 saturated carbocycles. The van der Waals surface area contributed by atoms with Crippen LogP contribution in [0.15, 0.2) is 76.3 Å². The van der Waals surface area contributed by atoms with Crippen LogP contribution in [0.3, 0.4) is 0 Å². The molecule has 1 amide bonds. The van der Waals surface area contributed by atoms with Gasteiger partial charge in [0.25, 0.3) is 5.91 Å². The Bertz CT molecular complexity index is 1070. The average molecular weight is 481 g/mol. The molecule has 3 aromatic rings. The van der Waals surface area contributed by atoms with Crippen LogP contribution in [0.2, 0.25) is 0 Å². The molecule has 0 saturated heterocycles. The van der Waals surface area contributed by atoms with Crippen LogP contribution >= 0.6 is 15.9 Å². The maximum absolute atomic E-state index is 12.1. The van der Waals surface area contributed by atoms with E-state index in [2.05, 4.69) is 26.5 Å². The van der Waals surface area contributed by atoms with Gasteiger partial charge in [-0.15, -0.1) is 0 Å². The number of rotatable bonds is 7. The summed E-state index contributed by atoms with van der Waals surface area (Å²) in [6.45, 7) is 3.73. The minimum absolute atomic E-state index is 0.131. The molecule has 6 nitrogen and oxygen atoms in total. The number of para-hydroxylation sites is 1. The van der Waals surface area contributed by atoms with Crippen LogP contribution < -0.4 is 14.9 Å². The number of hydrogen-bond donors (Lipinski definition) is 1. The molecule has 0 radical (unpaired) electrons. The zero-order valence-corrected chi connectivity index (χ0v) is 18.7. The molecule has 3 rings (SSSR count). The Hall–Kier alpha value is -3.45. The van der Waals surface area contributed by atoms with E-state index in [0.29, 0.717) is 17.1 Å². The lowest BCUT2D eigenvalue weighted by Crippen LogP contribution is -2.25. The second-order valence-electron chi connectivity index (χ2n) is 6.77. The van der Waals surface area contributed by atoms with Crippen molar-refractivity contribution in [1.82, 2.24) is 5.43 Å². The van der Waals surface area contributed by atoms with Gasteiger partial charge in [0.2, 0.25) is 0 Å². The van der Waals surface area contributed by atoms with E-state index in [1.165, 1.54) is 6.21 Å². The van der Waals surface area contributed by atoms with Crippen LogP contribution in [0.4, 0.5) is 0 Å². The van der Waals surface area contributed by atoms with Crippen molar-refractivity contribution in [2.24, 2.45) is 5.10 Å². The predicted octanol–water partition coefficient (Wildman–Crippen LogP) is 4.81. The van der Waals surface area contributed by atoms with Crippen molar-refractivity contribution in [3.8, 4) is 11.5 Å². The summed E-state index contributed by atoms with van der Waals surface area (Å²) < 4.78 is 11.8. The lowest BCUT2D eigenvalue weighted by Gasteiger charge is -2.10. The van der Waals surface area contributed by atoms with E-state index in [-0.39, 0.29) is 12.5 Å². The average Bonchev–Trinajstić information content (AvgIpc) is 2.75. The number of aryl methyl sites for hydroxylation is 2. The zero-order valence-electron chi connectivity index (χ0n) is 17.1. The number of nitrogens with zero attached hydrogens (tertiary/aromatic N) is 1. The van der Waals surface area contributed by atoms with Gasteiger partial charge < -0.3 is 9.47 Å². The first-order valence-corrected chi connectivity index (χ1v) is 10.3. The molecule has 0 spiro atoms. The van der Waals surface area contributed by atoms with Gasteiger partial charge >= 0.3 is 5.97 Å². The first-order chi connectivity index (χ1) is 14.9. The number of carbonyl (C=O) groups is 2. The molecule has 7 heteroatoms. The van der Waals surface area contributed by atoms with Crippen LogP contribution in [-0.4, -0.2) is 24.7 Å². The smallest absolute Gasteiger partial charge is 0.343 e. The summed E-state index contributed by atoms with van der Waals surface area (Å²) in [5.74, 6) is 0.315. The largest absolute Gasteiger partial charge is 0.483 e. The maximum atomic E-state index is 12.1. The third-order valence-corrected chi connectivity index (χ3v) is 4.86. The molecule has 0 fully saturated rings. The Morgan fingerprint density at radius 2 is 1.61 bits per heavy atom. The Labute approximate surface area is 189 Å². The van der Waals surface area contributed by atoms with Crippen LogP contribution in [0, 0.1) is 13.8 Å². The van der Waals surface area contributed by atoms with Crippen molar-refractivity contribution in [3.63, 3.8) is 0 Å². The van der Waals surface area contributed by atoms with Gasteiger partial charge in [0.05, 0.1) is 11.8 Å². The molecular formula is C24H21BrN2O4. The Morgan fingerprint density at radius 3 is 2.26 bits per heavy atom. The van der Waals surface area contributed by atoms with Crippen molar-refractivity contribution in [3.05, 3.63) is 93.5 Å². The topological polar surface area (TPSA) is 77.0 Å². The van der Waals surface area contributed by atoms with E-state index in [1.54, 1.807) is 48.5 Å². The normalized spacial score (nSPS) is 10.7. The fourth-order valence-corrected chi connectivity index (χ4v) is 3.01. The van der Waals surface area contributed by atoms with Gasteiger partial charge in [-0.3, -0.25) is 4.79 Å². The van der Waals surface area contributed by atoms with Crippen LogP contribution in [0.1, 0.15) is 27.0 Å². The second kappa shape index (κ2) is 10.5. The third kappa shape index (κ3) is 6.52. The van der Waals surface area contributed by atoms with Crippen molar-refractivity contribution < 1.29 is 19.1 Å². The van der Waals surface area contributed by atoms with Crippen molar-refractivity contribution in [1.29, 1.82) is 0 Å². The highest BCUT2D eigenvalue weighted by molar-refractivity contribution is 9.10. The molecule has 0 bridgehead atoms. The zero-order chi connectivity index (χ0) is 22.2. The number of nitrogens with one attached hydrogen (secondary N) is 1. The summed E-state index contributed by atoms with van der Waals surface area (Å²) >= 11 is 3.33. The fourth-order valence-electron chi connectivity index (χ4n) is 2.75. The summed E-state index contributed by atoms with van der Waals surface area (Å²) in [6.07, 6.45) is 1.50. The van der Waals surface area contributed by atoms with E-state index < -0.39 is 5.97 Å². The summed E-state index contributed by atoms with van der Waals surface area (Å²) in [4.78, 5) is 24.1. The van der Waals surface area contributed by atoms with Gasteiger partial charge in [-0.1, -0.05) is 34.1 Å². The minimum atomic E-state index is -0.440. The summed E-state index contributed by atoms with van der Waals surface area (Å²) in [7, 11) is 0. The molecule has 0 aliphatic carbocycles. The number of esters is 1. The molecule has 31 heavy (non-hydrogen) atoms. The van der Waals surface area contributed by atoms with Gasteiger partial charge in [-0.25, -0.2) is 10.2 Å². The predicted molar refractivity (Wildman–Crippen MR) is 123 cm³/mol. The van der Waals surface area contributed by atoms with Gasteiger partial charge in [0, 0.05) is 4.47 Å². The molecule has 0 unspecified atom stereocenters. The van der Waals surface area contributed by atoms with Crippen molar-refractivity contribution >= 4 is 34.0 Å². The number of benzene rings is 3. The van der Waals surface area contributed by atoms with Crippen molar-refractivity contribution in [2.45, 2.75) is 13.8 Å². The second-order valence-corrected chi connectivity index (χ2v) is 7.68. The third-order valence-electron chi connectivity index (χ3n) is 4.33. The van der Waals surface area contributed by atoms with Crippen molar-refractivity contribution in [2.75, 3.05) is 6.61 Å². The highest BCUT2D eigenvalue weighted by Gasteiger charge is 2.08. The maximum Gasteiger partial charge on any atom is 0.343 e. The molecule has 0 heterocycles. The van der Waals surface area contributed by atoms with Gasteiger partial charge in [0.1, 0.15) is 11.5 Å². The summed E-state index contributed by atoms with van der Waals surface area (Å²) in [5.41, 5.74) is 5.56. The Balaban J connectivity index is 1.48. The fraction of sp³-hybridized carbons (Fsp3) is 0.125. The number of ether oxygens (including phenoxy) is 2. The monoisotopic (exact) mass is 480 g/mol. The quantitative estimate of drug-likeness (QED) is 0.227. The first kappa shape index (κ1) is 22.2. The first-order valence-electron chi connectivity index (χ1n) is 9.51.